The number of carbonyl (C=O) groups is 1. The summed E-state index contributed by atoms with van der Waals surface area (Å²) in [5, 5.41) is 1.07. The van der Waals surface area contributed by atoms with E-state index in [4.69, 9.17) is 27.9 Å². The molecule has 0 saturated carbocycles. The van der Waals surface area contributed by atoms with Crippen molar-refractivity contribution in [3.8, 4) is 5.75 Å². The lowest BCUT2D eigenvalue weighted by atomic mass is 10.1. The third kappa shape index (κ3) is 4.55. The Bertz CT molecular complexity index is 562. The van der Waals surface area contributed by atoms with Gasteiger partial charge in [0.05, 0.1) is 6.61 Å². The van der Waals surface area contributed by atoms with E-state index in [9.17, 15) is 4.79 Å². The molecule has 0 N–H and O–H groups in total. The van der Waals surface area contributed by atoms with Crippen molar-refractivity contribution >= 4 is 29.0 Å². The molecule has 0 amide bonds. The summed E-state index contributed by atoms with van der Waals surface area (Å²) in [6, 6.07) is 14.3. The van der Waals surface area contributed by atoms with E-state index in [0.29, 0.717) is 35.2 Å². The monoisotopic (exact) mass is 308 g/mol. The van der Waals surface area contributed by atoms with E-state index < -0.39 is 0 Å². The van der Waals surface area contributed by atoms with Gasteiger partial charge in [-0.15, -0.1) is 0 Å². The predicted molar refractivity (Wildman–Crippen MR) is 82.0 cm³/mol. The molecule has 0 aliphatic carbocycles. The quantitative estimate of drug-likeness (QED) is 0.552. The van der Waals surface area contributed by atoms with Crippen LogP contribution in [0.2, 0.25) is 10.0 Å². The summed E-state index contributed by atoms with van der Waals surface area (Å²) in [5.41, 5.74) is 0.735. The van der Waals surface area contributed by atoms with Gasteiger partial charge in [-0.1, -0.05) is 53.5 Å². The van der Waals surface area contributed by atoms with Crippen LogP contribution >= 0.6 is 23.2 Å². The number of ether oxygens (including phenoxy) is 1. The van der Waals surface area contributed by atoms with Gasteiger partial charge in [-0.3, -0.25) is 4.79 Å². The van der Waals surface area contributed by atoms with E-state index in [1.807, 2.05) is 30.3 Å². The lowest BCUT2D eigenvalue weighted by molar-refractivity contribution is 0.0973. The lowest BCUT2D eigenvalue weighted by Crippen LogP contribution is -2.03. The predicted octanol–water partition coefficient (Wildman–Crippen LogP) is 5.04. The van der Waals surface area contributed by atoms with Crippen LogP contribution in [0, 0.1) is 0 Å². The Morgan fingerprint density at radius 3 is 2.30 bits per heavy atom. The minimum Gasteiger partial charge on any atom is -0.493 e. The largest absolute Gasteiger partial charge is 0.493 e. The van der Waals surface area contributed by atoms with Crippen LogP contribution in [0.4, 0.5) is 0 Å². The Morgan fingerprint density at radius 2 is 1.65 bits per heavy atom. The van der Waals surface area contributed by atoms with Crippen LogP contribution in [-0.2, 0) is 0 Å². The van der Waals surface area contributed by atoms with Crippen LogP contribution < -0.4 is 4.74 Å². The van der Waals surface area contributed by atoms with E-state index >= 15 is 0 Å². The lowest BCUT2D eigenvalue weighted by Gasteiger charge is -2.07. The number of Topliss-reactive ketones (excluding diaryl/α,β-unsaturated/α-hetero) is 1. The maximum Gasteiger partial charge on any atom is 0.163 e. The normalized spacial score (nSPS) is 10.3. The molecule has 0 atom stereocenters. The fourth-order valence-electron chi connectivity index (χ4n) is 1.80. The summed E-state index contributed by atoms with van der Waals surface area (Å²) in [4.78, 5) is 11.9. The second-order valence-corrected chi connectivity index (χ2v) is 5.22. The molecule has 0 spiro atoms. The molecule has 0 saturated heterocycles. The smallest absolute Gasteiger partial charge is 0.163 e. The van der Waals surface area contributed by atoms with Gasteiger partial charge >= 0.3 is 0 Å². The fourth-order valence-corrected chi connectivity index (χ4v) is 2.31. The zero-order valence-electron chi connectivity index (χ0n) is 10.8. The third-order valence-electron chi connectivity index (χ3n) is 2.75. The number of ketones is 1. The molecule has 0 aliphatic rings. The highest BCUT2D eigenvalue weighted by Crippen LogP contribution is 2.24. The maximum absolute atomic E-state index is 11.9. The van der Waals surface area contributed by atoms with Crippen molar-refractivity contribution < 1.29 is 9.53 Å². The Morgan fingerprint density at radius 1 is 1.00 bits per heavy atom. The van der Waals surface area contributed by atoms with E-state index in [-0.39, 0.29) is 5.78 Å². The minimum absolute atomic E-state index is 0.123. The molecule has 0 bridgehead atoms. The van der Waals surface area contributed by atoms with Crippen molar-refractivity contribution in [1.29, 1.82) is 0 Å². The number of rotatable bonds is 6. The molecular formula is C16H14Cl2O2. The number of halogens is 2. The van der Waals surface area contributed by atoms with Gasteiger partial charge < -0.3 is 4.74 Å². The highest BCUT2D eigenvalue weighted by atomic mass is 35.5. The molecule has 0 unspecified atom stereocenters. The van der Waals surface area contributed by atoms with Crippen molar-refractivity contribution in [2.45, 2.75) is 12.8 Å². The van der Waals surface area contributed by atoms with E-state index in [1.165, 1.54) is 0 Å². The van der Waals surface area contributed by atoms with Crippen LogP contribution in [0.5, 0.6) is 5.75 Å². The Balaban J connectivity index is 1.78. The van der Waals surface area contributed by atoms with Crippen LogP contribution in [0.3, 0.4) is 0 Å². The summed E-state index contributed by atoms with van der Waals surface area (Å²) in [6.45, 7) is 0.454. The molecule has 0 heterocycles. The van der Waals surface area contributed by atoms with E-state index in [2.05, 4.69) is 0 Å². The molecule has 20 heavy (non-hydrogen) atoms. The first-order chi connectivity index (χ1) is 9.65. The van der Waals surface area contributed by atoms with E-state index in [0.717, 1.165) is 5.56 Å². The summed E-state index contributed by atoms with van der Waals surface area (Å²) < 4.78 is 5.53. The molecule has 2 rings (SSSR count). The topological polar surface area (TPSA) is 26.3 Å². The van der Waals surface area contributed by atoms with Crippen LogP contribution in [0.25, 0.3) is 0 Å². The van der Waals surface area contributed by atoms with Gasteiger partial charge in [0.15, 0.2) is 5.78 Å². The van der Waals surface area contributed by atoms with Crippen molar-refractivity contribution in [2.75, 3.05) is 6.61 Å². The van der Waals surface area contributed by atoms with Gasteiger partial charge in [-0.25, -0.2) is 0 Å². The zero-order chi connectivity index (χ0) is 14.4. The Kier molecular flexibility index (Phi) is 5.45. The molecule has 0 aliphatic heterocycles. The van der Waals surface area contributed by atoms with Gasteiger partial charge in [-0.05, 0) is 24.6 Å². The first-order valence-electron chi connectivity index (χ1n) is 6.32. The number of hydrogen-bond acceptors (Lipinski definition) is 2. The van der Waals surface area contributed by atoms with Gasteiger partial charge in [0.25, 0.3) is 0 Å². The standard InChI is InChI=1S/C16H14Cl2O2/c17-13-9-14(18)11-15(10-13)20-8-4-7-16(19)12-5-2-1-3-6-12/h1-3,5-6,9-11H,4,7-8H2. The molecule has 104 valence electrons. The summed E-state index contributed by atoms with van der Waals surface area (Å²) >= 11 is 11.7. The van der Waals surface area contributed by atoms with Crippen LogP contribution in [0.15, 0.2) is 48.5 Å². The molecule has 2 nitrogen and oxygen atoms in total. The Hall–Kier alpha value is -1.51. The molecular weight excluding hydrogens is 295 g/mol. The van der Waals surface area contributed by atoms with Crippen LogP contribution in [-0.4, -0.2) is 12.4 Å². The molecule has 0 radical (unpaired) electrons. The highest BCUT2D eigenvalue weighted by molar-refractivity contribution is 6.34. The average Bonchev–Trinajstić information content (AvgIpc) is 2.43. The summed E-state index contributed by atoms with van der Waals surface area (Å²) in [7, 11) is 0. The number of benzene rings is 2. The second-order valence-electron chi connectivity index (χ2n) is 4.35. The molecule has 0 fully saturated rings. The van der Waals surface area contributed by atoms with Crippen molar-refractivity contribution in [3.63, 3.8) is 0 Å². The molecule has 2 aromatic carbocycles. The van der Waals surface area contributed by atoms with Crippen LogP contribution in [0.1, 0.15) is 23.2 Å². The zero-order valence-corrected chi connectivity index (χ0v) is 12.3. The Labute approximate surface area is 128 Å². The number of hydrogen-bond donors (Lipinski definition) is 0. The minimum atomic E-state index is 0.123. The maximum atomic E-state index is 11.9. The van der Waals surface area contributed by atoms with E-state index in [1.54, 1.807) is 18.2 Å². The molecule has 4 heteroatoms. The highest BCUT2D eigenvalue weighted by Gasteiger charge is 2.05. The summed E-state index contributed by atoms with van der Waals surface area (Å²) in [5.74, 6) is 0.744. The van der Waals surface area contributed by atoms with Crippen molar-refractivity contribution in [3.05, 3.63) is 64.1 Å². The third-order valence-corrected chi connectivity index (χ3v) is 3.19. The van der Waals surface area contributed by atoms with Crippen molar-refractivity contribution in [2.24, 2.45) is 0 Å². The molecule has 2 aromatic rings. The van der Waals surface area contributed by atoms with Gasteiger partial charge in [0, 0.05) is 22.0 Å². The average molecular weight is 309 g/mol. The summed E-state index contributed by atoms with van der Waals surface area (Å²) in [6.07, 6.45) is 1.11. The van der Waals surface area contributed by atoms with Gasteiger partial charge in [-0.2, -0.15) is 0 Å². The van der Waals surface area contributed by atoms with Crippen molar-refractivity contribution in [1.82, 2.24) is 0 Å². The first-order valence-corrected chi connectivity index (χ1v) is 7.08. The number of carbonyl (C=O) groups excluding carboxylic acids is 1. The fraction of sp³-hybridized carbons (Fsp3) is 0.188. The SMILES string of the molecule is O=C(CCCOc1cc(Cl)cc(Cl)c1)c1ccccc1. The first kappa shape index (κ1) is 14.9. The second kappa shape index (κ2) is 7.32. The molecule has 0 aromatic heterocycles. The van der Waals surface area contributed by atoms with Gasteiger partial charge in [0.2, 0.25) is 0 Å². The van der Waals surface area contributed by atoms with Gasteiger partial charge in [0.1, 0.15) is 5.75 Å².